The maximum absolute atomic E-state index is 4.75. The molecule has 0 fully saturated rings. The molecule has 140 valence electrons. The van der Waals surface area contributed by atoms with Gasteiger partial charge in [0.15, 0.2) is 0 Å². The lowest BCUT2D eigenvalue weighted by Crippen LogP contribution is -2.08. The summed E-state index contributed by atoms with van der Waals surface area (Å²) in [5, 5.41) is 5.88. The van der Waals surface area contributed by atoms with Gasteiger partial charge in [-0.1, -0.05) is 36.4 Å². The highest BCUT2D eigenvalue weighted by molar-refractivity contribution is 5.95. The van der Waals surface area contributed by atoms with Crippen LogP contribution in [-0.2, 0) is 12.8 Å². The van der Waals surface area contributed by atoms with E-state index in [4.69, 9.17) is 4.98 Å². The van der Waals surface area contributed by atoms with Gasteiger partial charge in [0.05, 0.1) is 0 Å². The van der Waals surface area contributed by atoms with Crippen molar-refractivity contribution >= 4 is 28.0 Å². The third-order valence-electron chi connectivity index (χ3n) is 4.91. The third kappa shape index (κ3) is 3.96. The van der Waals surface area contributed by atoms with Gasteiger partial charge in [-0.15, -0.1) is 0 Å². The number of fused-ring (bicyclic) bond motifs is 1. The Morgan fingerprint density at radius 1 is 0.857 bits per heavy atom. The Balaban J connectivity index is 1.63. The Labute approximate surface area is 165 Å². The van der Waals surface area contributed by atoms with Gasteiger partial charge >= 0.3 is 0 Å². The highest BCUT2D eigenvalue weighted by Gasteiger charge is 2.08. The minimum Gasteiger partial charge on any atom is -0.378 e. The number of hydrogen-bond donors (Lipinski definition) is 1. The number of pyridine rings is 2. The SMILES string of the molecule is CN(C)c1cccc(Nc2ncc(CCc3cccnc3)c3ccccc23)c1. The van der Waals surface area contributed by atoms with Crippen LogP contribution < -0.4 is 10.2 Å². The smallest absolute Gasteiger partial charge is 0.138 e. The maximum atomic E-state index is 4.75. The molecule has 0 amide bonds. The van der Waals surface area contributed by atoms with Crippen LogP contribution in [0.5, 0.6) is 0 Å². The van der Waals surface area contributed by atoms with Crippen molar-refractivity contribution in [1.29, 1.82) is 0 Å². The summed E-state index contributed by atoms with van der Waals surface area (Å²) in [6.07, 6.45) is 7.64. The molecule has 4 nitrogen and oxygen atoms in total. The zero-order chi connectivity index (χ0) is 19.3. The van der Waals surface area contributed by atoms with Crippen molar-refractivity contribution in [2.24, 2.45) is 0 Å². The number of anilines is 3. The molecule has 0 bridgehead atoms. The molecule has 0 unspecified atom stereocenters. The topological polar surface area (TPSA) is 41.0 Å². The van der Waals surface area contributed by atoms with Gasteiger partial charge in [0.1, 0.15) is 5.82 Å². The molecule has 28 heavy (non-hydrogen) atoms. The number of rotatable bonds is 6. The molecule has 4 aromatic rings. The zero-order valence-electron chi connectivity index (χ0n) is 16.3. The number of aromatic nitrogens is 2. The highest BCUT2D eigenvalue weighted by Crippen LogP contribution is 2.28. The van der Waals surface area contributed by atoms with Crippen molar-refractivity contribution in [3.8, 4) is 0 Å². The van der Waals surface area contributed by atoms with Gasteiger partial charge in [-0.05, 0) is 53.6 Å². The maximum Gasteiger partial charge on any atom is 0.138 e. The van der Waals surface area contributed by atoms with E-state index in [1.165, 1.54) is 16.5 Å². The first-order valence-electron chi connectivity index (χ1n) is 9.50. The van der Waals surface area contributed by atoms with E-state index in [1.807, 2.05) is 38.8 Å². The Bertz CT molecular complexity index is 1070. The Morgan fingerprint density at radius 3 is 2.50 bits per heavy atom. The zero-order valence-corrected chi connectivity index (χ0v) is 16.3. The summed E-state index contributed by atoms with van der Waals surface area (Å²) in [6, 6.07) is 20.9. The number of hydrogen-bond acceptors (Lipinski definition) is 4. The molecule has 2 heterocycles. The molecule has 0 radical (unpaired) electrons. The average Bonchev–Trinajstić information content (AvgIpc) is 2.74. The molecule has 0 aliphatic heterocycles. The second-order valence-corrected chi connectivity index (χ2v) is 7.11. The van der Waals surface area contributed by atoms with Crippen LogP contribution >= 0.6 is 0 Å². The van der Waals surface area contributed by atoms with Gasteiger partial charge in [-0.3, -0.25) is 4.98 Å². The Kier molecular flexibility index (Phi) is 5.20. The summed E-state index contributed by atoms with van der Waals surface area (Å²) in [7, 11) is 4.09. The molecule has 0 atom stereocenters. The minimum absolute atomic E-state index is 0.886. The quantitative estimate of drug-likeness (QED) is 0.506. The van der Waals surface area contributed by atoms with Crippen molar-refractivity contribution in [1.82, 2.24) is 9.97 Å². The van der Waals surface area contributed by atoms with Crippen LogP contribution in [0.4, 0.5) is 17.2 Å². The minimum atomic E-state index is 0.886. The lowest BCUT2D eigenvalue weighted by molar-refractivity contribution is 0.951. The van der Waals surface area contributed by atoms with Gasteiger partial charge < -0.3 is 10.2 Å². The van der Waals surface area contributed by atoms with Crippen LogP contribution in [0.3, 0.4) is 0 Å². The summed E-state index contributed by atoms with van der Waals surface area (Å²) >= 11 is 0. The van der Waals surface area contributed by atoms with Crippen molar-refractivity contribution in [2.75, 3.05) is 24.3 Å². The van der Waals surface area contributed by atoms with Gasteiger partial charge in [-0.2, -0.15) is 0 Å². The van der Waals surface area contributed by atoms with E-state index < -0.39 is 0 Å². The fourth-order valence-electron chi connectivity index (χ4n) is 3.37. The molecule has 4 rings (SSSR count). The lowest BCUT2D eigenvalue weighted by Gasteiger charge is -2.15. The average molecular weight is 368 g/mol. The number of nitrogens with zero attached hydrogens (tertiary/aromatic N) is 3. The number of aryl methyl sites for hydroxylation is 2. The molecular weight excluding hydrogens is 344 g/mol. The standard InChI is InChI=1S/C24H24N4/c1-28(2)21-9-5-8-20(15-21)27-24-23-11-4-3-10-22(23)19(17-26-24)13-12-18-7-6-14-25-16-18/h3-11,14-17H,12-13H2,1-2H3,(H,26,27). The molecule has 0 spiro atoms. The fourth-order valence-corrected chi connectivity index (χ4v) is 3.37. The van der Waals surface area contributed by atoms with Crippen LogP contribution in [0.25, 0.3) is 10.8 Å². The molecular formula is C24H24N4. The normalized spacial score (nSPS) is 10.8. The van der Waals surface area contributed by atoms with Crippen LogP contribution in [0.15, 0.2) is 79.3 Å². The van der Waals surface area contributed by atoms with Crippen molar-refractivity contribution < 1.29 is 0 Å². The van der Waals surface area contributed by atoms with E-state index in [9.17, 15) is 0 Å². The summed E-state index contributed by atoms with van der Waals surface area (Å²) in [6.45, 7) is 0. The van der Waals surface area contributed by atoms with E-state index in [2.05, 4.69) is 69.8 Å². The molecule has 1 N–H and O–H groups in total. The van der Waals surface area contributed by atoms with E-state index in [0.29, 0.717) is 0 Å². The lowest BCUT2D eigenvalue weighted by atomic mass is 10.0. The first-order valence-corrected chi connectivity index (χ1v) is 9.50. The fraction of sp³-hybridized carbons (Fsp3) is 0.167. The molecule has 4 heteroatoms. The predicted molar refractivity (Wildman–Crippen MR) is 117 cm³/mol. The first-order chi connectivity index (χ1) is 13.7. The summed E-state index contributed by atoms with van der Waals surface area (Å²) < 4.78 is 0. The van der Waals surface area contributed by atoms with Gasteiger partial charge in [0.2, 0.25) is 0 Å². The highest BCUT2D eigenvalue weighted by atomic mass is 15.1. The summed E-state index contributed by atoms with van der Waals surface area (Å²) in [5.41, 5.74) is 4.69. The Hall–Kier alpha value is -3.40. The van der Waals surface area contributed by atoms with E-state index in [0.717, 1.165) is 35.4 Å². The van der Waals surface area contributed by atoms with Crippen LogP contribution in [0.2, 0.25) is 0 Å². The van der Waals surface area contributed by atoms with E-state index >= 15 is 0 Å². The number of benzene rings is 2. The van der Waals surface area contributed by atoms with Crippen LogP contribution in [0.1, 0.15) is 11.1 Å². The van der Waals surface area contributed by atoms with Crippen molar-refractivity contribution in [2.45, 2.75) is 12.8 Å². The second kappa shape index (κ2) is 8.09. The molecule has 0 aliphatic rings. The van der Waals surface area contributed by atoms with Crippen molar-refractivity contribution in [3.63, 3.8) is 0 Å². The van der Waals surface area contributed by atoms with Crippen molar-refractivity contribution in [3.05, 3.63) is 90.4 Å². The van der Waals surface area contributed by atoms with E-state index in [1.54, 1.807) is 0 Å². The molecule has 0 saturated heterocycles. The molecule has 0 aliphatic carbocycles. The van der Waals surface area contributed by atoms with Gasteiger partial charge in [0, 0.05) is 49.4 Å². The molecule has 2 aromatic heterocycles. The van der Waals surface area contributed by atoms with Gasteiger partial charge in [0.25, 0.3) is 0 Å². The first kappa shape index (κ1) is 18.0. The molecule has 2 aromatic carbocycles. The second-order valence-electron chi connectivity index (χ2n) is 7.11. The molecule has 0 saturated carbocycles. The predicted octanol–water partition coefficient (Wildman–Crippen LogP) is 5.22. The number of nitrogens with one attached hydrogen (secondary N) is 1. The van der Waals surface area contributed by atoms with Crippen LogP contribution in [0, 0.1) is 0 Å². The van der Waals surface area contributed by atoms with E-state index in [-0.39, 0.29) is 0 Å². The van der Waals surface area contributed by atoms with Gasteiger partial charge in [-0.25, -0.2) is 4.98 Å². The summed E-state index contributed by atoms with van der Waals surface area (Å²) in [4.78, 5) is 11.1. The summed E-state index contributed by atoms with van der Waals surface area (Å²) in [5.74, 6) is 0.886. The Morgan fingerprint density at radius 2 is 1.71 bits per heavy atom. The van der Waals surface area contributed by atoms with Crippen LogP contribution in [-0.4, -0.2) is 24.1 Å². The largest absolute Gasteiger partial charge is 0.378 e. The third-order valence-corrected chi connectivity index (χ3v) is 4.91. The monoisotopic (exact) mass is 368 g/mol.